The molecule has 0 aliphatic heterocycles. The maximum absolute atomic E-state index is 12.5. The number of nitrogens with one attached hydrogen (secondary N) is 2. The summed E-state index contributed by atoms with van der Waals surface area (Å²) in [5, 5.41) is 18.4. The van der Waals surface area contributed by atoms with Gasteiger partial charge in [-0.3, -0.25) is 5.10 Å². The summed E-state index contributed by atoms with van der Waals surface area (Å²) in [7, 11) is -3.79. The molecule has 0 bridgehead atoms. The van der Waals surface area contributed by atoms with Crippen molar-refractivity contribution in [2.24, 2.45) is 16.8 Å². The van der Waals surface area contributed by atoms with E-state index < -0.39 is 15.6 Å². The van der Waals surface area contributed by atoms with Gasteiger partial charge in [-0.1, -0.05) is 12.1 Å². The van der Waals surface area contributed by atoms with E-state index in [9.17, 15) is 8.42 Å². The Morgan fingerprint density at radius 3 is 2.67 bits per heavy atom. The van der Waals surface area contributed by atoms with Crippen LogP contribution in [0, 0.1) is 12.8 Å². The Balaban J connectivity index is 2.34. The molecule has 0 radical (unpaired) electrons. The molecule has 21 heavy (non-hydrogen) atoms. The third-order valence-corrected chi connectivity index (χ3v) is 5.78. The summed E-state index contributed by atoms with van der Waals surface area (Å²) in [4.78, 5) is 0.0752. The number of nitrogens with two attached hydrogens (primary N) is 1. The minimum Gasteiger partial charge on any atom is -0.409 e. The zero-order valence-electron chi connectivity index (χ0n) is 12.1. The van der Waals surface area contributed by atoms with Crippen LogP contribution in [-0.4, -0.2) is 35.2 Å². The van der Waals surface area contributed by atoms with Crippen LogP contribution in [0.2, 0.25) is 0 Å². The Bertz CT molecular complexity index is 629. The van der Waals surface area contributed by atoms with Crippen molar-refractivity contribution in [1.29, 1.82) is 0 Å². The Labute approximate surface area is 123 Å². The molecule has 1 saturated carbocycles. The van der Waals surface area contributed by atoms with Gasteiger partial charge in [-0.15, -0.1) is 0 Å². The molecule has 1 aliphatic carbocycles. The van der Waals surface area contributed by atoms with Crippen molar-refractivity contribution in [3.8, 4) is 0 Å². The molecular formula is C12H21N5O3S. The van der Waals surface area contributed by atoms with E-state index in [1.54, 1.807) is 6.92 Å². The van der Waals surface area contributed by atoms with Crippen molar-refractivity contribution >= 4 is 15.9 Å². The molecule has 0 spiro atoms. The van der Waals surface area contributed by atoms with Crippen molar-refractivity contribution in [2.45, 2.75) is 50.0 Å². The number of sulfonamides is 1. The first-order valence-electron chi connectivity index (χ1n) is 6.83. The van der Waals surface area contributed by atoms with E-state index in [0.717, 1.165) is 12.8 Å². The smallest absolute Gasteiger partial charge is 0.244 e. The number of aryl methyl sites for hydroxylation is 1. The second-order valence-electron chi connectivity index (χ2n) is 5.71. The lowest BCUT2D eigenvalue weighted by Crippen LogP contribution is -2.59. The molecule has 1 aromatic rings. The number of nitrogens with zero attached hydrogens (tertiary/aromatic N) is 2. The number of aromatic nitrogens is 2. The van der Waals surface area contributed by atoms with Gasteiger partial charge in [-0.2, -0.15) is 9.82 Å². The van der Waals surface area contributed by atoms with E-state index in [4.69, 9.17) is 10.9 Å². The maximum Gasteiger partial charge on any atom is 0.244 e. The minimum atomic E-state index is -3.79. The maximum atomic E-state index is 12.5. The molecular weight excluding hydrogens is 294 g/mol. The lowest BCUT2D eigenvalue weighted by Gasteiger charge is -2.38. The average molecular weight is 315 g/mol. The van der Waals surface area contributed by atoms with Gasteiger partial charge in [0, 0.05) is 0 Å². The summed E-state index contributed by atoms with van der Waals surface area (Å²) in [6.45, 7) is 3.73. The normalized spacial score (nSPS) is 27.7. The molecule has 1 aliphatic rings. The zero-order chi connectivity index (χ0) is 15.7. The summed E-state index contributed by atoms with van der Waals surface area (Å²) in [6.07, 6.45) is 3.87. The standard InChI is InChI=1S/C12H21N5O3S/c1-8-3-5-12(6-4-8,11(13)16-18)17-21(19,20)10-7-14-15-9(10)2/h7-8,17-18H,3-6H2,1-2H3,(H2,13,16)(H,14,15). The third kappa shape index (κ3) is 3.03. The molecule has 5 N–H and O–H groups in total. The first kappa shape index (κ1) is 15.8. The van der Waals surface area contributed by atoms with Crippen LogP contribution in [0.15, 0.2) is 16.2 Å². The number of amidine groups is 1. The SMILES string of the molecule is Cc1[nH]ncc1S(=O)(=O)NC1(/C(N)=N/O)CCC(C)CC1. The van der Waals surface area contributed by atoms with E-state index in [-0.39, 0.29) is 10.7 Å². The number of hydrogen-bond acceptors (Lipinski definition) is 5. The molecule has 0 atom stereocenters. The molecule has 0 unspecified atom stereocenters. The van der Waals surface area contributed by atoms with Crippen molar-refractivity contribution < 1.29 is 13.6 Å². The van der Waals surface area contributed by atoms with E-state index in [1.165, 1.54) is 6.20 Å². The van der Waals surface area contributed by atoms with Crippen LogP contribution in [0.1, 0.15) is 38.3 Å². The number of rotatable bonds is 4. The van der Waals surface area contributed by atoms with E-state index in [0.29, 0.717) is 24.5 Å². The molecule has 1 fully saturated rings. The van der Waals surface area contributed by atoms with Crippen LogP contribution in [0.4, 0.5) is 0 Å². The van der Waals surface area contributed by atoms with Gasteiger partial charge < -0.3 is 10.9 Å². The first-order valence-corrected chi connectivity index (χ1v) is 8.31. The average Bonchev–Trinajstić information content (AvgIpc) is 2.87. The van der Waals surface area contributed by atoms with E-state index in [1.807, 2.05) is 0 Å². The highest BCUT2D eigenvalue weighted by Crippen LogP contribution is 2.33. The monoisotopic (exact) mass is 315 g/mol. The summed E-state index contributed by atoms with van der Waals surface area (Å²) in [6, 6.07) is 0. The number of aromatic amines is 1. The fourth-order valence-corrected chi connectivity index (χ4v) is 4.26. The van der Waals surface area contributed by atoms with Crippen LogP contribution < -0.4 is 10.5 Å². The summed E-state index contributed by atoms with van der Waals surface area (Å²) in [5.41, 5.74) is 5.18. The van der Waals surface area contributed by atoms with Gasteiger partial charge >= 0.3 is 0 Å². The van der Waals surface area contributed by atoms with Gasteiger partial charge in [0.1, 0.15) is 4.90 Å². The lowest BCUT2D eigenvalue weighted by molar-refractivity contribution is 0.266. The van der Waals surface area contributed by atoms with Gasteiger partial charge in [0.05, 0.1) is 17.4 Å². The fourth-order valence-electron chi connectivity index (χ4n) is 2.68. The summed E-state index contributed by atoms with van der Waals surface area (Å²) in [5.74, 6) is 0.393. The van der Waals surface area contributed by atoms with Crippen molar-refractivity contribution in [3.05, 3.63) is 11.9 Å². The molecule has 118 valence electrons. The first-order chi connectivity index (χ1) is 9.81. The van der Waals surface area contributed by atoms with Gasteiger partial charge in [0.25, 0.3) is 0 Å². The van der Waals surface area contributed by atoms with Crippen LogP contribution in [0.5, 0.6) is 0 Å². The van der Waals surface area contributed by atoms with Crippen LogP contribution >= 0.6 is 0 Å². The van der Waals surface area contributed by atoms with Gasteiger partial charge in [0.2, 0.25) is 10.0 Å². The Morgan fingerprint density at radius 2 is 2.19 bits per heavy atom. The van der Waals surface area contributed by atoms with Crippen LogP contribution in [0.25, 0.3) is 0 Å². The third-order valence-electron chi connectivity index (χ3n) is 4.13. The molecule has 0 saturated heterocycles. The Hall–Kier alpha value is -1.61. The Kier molecular flexibility index (Phi) is 4.24. The zero-order valence-corrected chi connectivity index (χ0v) is 12.9. The molecule has 1 aromatic heterocycles. The van der Waals surface area contributed by atoms with Gasteiger partial charge in [-0.25, -0.2) is 8.42 Å². The minimum absolute atomic E-state index is 0.0752. The number of hydrogen-bond donors (Lipinski definition) is 4. The molecule has 0 aromatic carbocycles. The second kappa shape index (κ2) is 5.64. The predicted molar refractivity (Wildman–Crippen MR) is 77.4 cm³/mol. The van der Waals surface area contributed by atoms with Crippen molar-refractivity contribution in [2.75, 3.05) is 0 Å². The lowest BCUT2D eigenvalue weighted by atomic mass is 9.77. The Morgan fingerprint density at radius 1 is 1.57 bits per heavy atom. The second-order valence-corrected chi connectivity index (χ2v) is 7.37. The molecule has 0 amide bonds. The predicted octanol–water partition coefficient (Wildman–Crippen LogP) is 0.692. The quantitative estimate of drug-likeness (QED) is 0.281. The summed E-state index contributed by atoms with van der Waals surface area (Å²) < 4.78 is 27.7. The molecule has 2 rings (SSSR count). The largest absolute Gasteiger partial charge is 0.409 e. The highest BCUT2D eigenvalue weighted by molar-refractivity contribution is 7.89. The number of oxime groups is 1. The highest BCUT2D eigenvalue weighted by atomic mass is 32.2. The summed E-state index contributed by atoms with van der Waals surface area (Å²) >= 11 is 0. The van der Waals surface area contributed by atoms with E-state index >= 15 is 0 Å². The van der Waals surface area contributed by atoms with Crippen LogP contribution in [0.3, 0.4) is 0 Å². The number of H-pyrrole nitrogens is 1. The highest BCUT2D eigenvalue weighted by Gasteiger charge is 2.42. The van der Waals surface area contributed by atoms with Crippen molar-refractivity contribution in [1.82, 2.24) is 14.9 Å². The van der Waals surface area contributed by atoms with E-state index in [2.05, 4.69) is 27.0 Å². The molecule has 9 heteroatoms. The fraction of sp³-hybridized carbons (Fsp3) is 0.667. The topological polar surface area (TPSA) is 133 Å². The van der Waals surface area contributed by atoms with Crippen LogP contribution in [-0.2, 0) is 10.0 Å². The van der Waals surface area contributed by atoms with Gasteiger partial charge in [0.15, 0.2) is 5.84 Å². The van der Waals surface area contributed by atoms with Crippen molar-refractivity contribution in [3.63, 3.8) is 0 Å². The van der Waals surface area contributed by atoms with Gasteiger partial charge in [-0.05, 0) is 38.5 Å². The molecule has 1 heterocycles. The molecule has 8 nitrogen and oxygen atoms in total.